The number of allylic oxidation sites excluding steroid dienone is 2. The highest BCUT2D eigenvalue weighted by Crippen LogP contribution is 2.28. The second-order valence-corrected chi connectivity index (χ2v) is 15.3. The SMILES string of the molecule is CCCCCCCCCCCCCCCCC(OCC)=C(OCC)C(OC)OC(OC)C(OCC)=C(CCCCCCCCCCCCCCCC)OCC. The van der Waals surface area contributed by atoms with Gasteiger partial charge in [0.1, 0.15) is 11.5 Å². The fourth-order valence-electron chi connectivity index (χ4n) is 7.27. The maximum Gasteiger partial charge on any atom is 0.222 e. The Kier molecular flexibility index (Phi) is 41.1. The van der Waals surface area contributed by atoms with E-state index >= 15 is 0 Å². The first-order chi connectivity index (χ1) is 27.1. The molecule has 0 radical (unpaired) electrons. The van der Waals surface area contributed by atoms with E-state index in [4.69, 9.17) is 33.2 Å². The molecule has 2 atom stereocenters. The molecule has 0 spiro atoms. The van der Waals surface area contributed by atoms with Crippen LogP contribution in [0, 0.1) is 0 Å². The molecule has 0 saturated carbocycles. The van der Waals surface area contributed by atoms with Gasteiger partial charge in [-0.05, 0) is 40.5 Å². The lowest BCUT2D eigenvalue weighted by molar-refractivity contribution is -0.226. The summed E-state index contributed by atoms with van der Waals surface area (Å²) in [7, 11) is 3.27. The Morgan fingerprint density at radius 2 is 0.545 bits per heavy atom. The van der Waals surface area contributed by atoms with Crippen LogP contribution in [0.4, 0.5) is 0 Å². The normalized spacial score (nSPS) is 13.7. The largest absolute Gasteiger partial charge is 0.495 e. The fourth-order valence-corrected chi connectivity index (χ4v) is 7.27. The number of hydrogen-bond donors (Lipinski definition) is 0. The van der Waals surface area contributed by atoms with Gasteiger partial charge in [-0.1, -0.05) is 181 Å². The van der Waals surface area contributed by atoms with Crippen molar-refractivity contribution in [2.45, 2.75) is 247 Å². The highest BCUT2D eigenvalue weighted by Gasteiger charge is 2.30. The van der Waals surface area contributed by atoms with Crippen molar-refractivity contribution in [1.82, 2.24) is 0 Å². The minimum atomic E-state index is -0.822. The molecule has 0 rings (SSSR count). The third-order valence-electron chi connectivity index (χ3n) is 10.4. The van der Waals surface area contributed by atoms with E-state index in [-0.39, 0.29) is 0 Å². The second kappa shape index (κ2) is 42.2. The molecule has 0 heterocycles. The smallest absolute Gasteiger partial charge is 0.222 e. The third-order valence-corrected chi connectivity index (χ3v) is 10.4. The van der Waals surface area contributed by atoms with Gasteiger partial charge in [0.2, 0.25) is 12.6 Å². The van der Waals surface area contributed by atoms with Crippen LogP contribution in [0.3, 0.4) is 0 Å². The maximum atomic E-state index is 6.51. The van der Waals surface area contributed by atoms with Crippen molar-refractivity contribution < 1.29 is 33.2 Å². The van der Waals surface area contributed by atoms with Crippen molar-refractivity contribution in [3.63, 3.8) is 0 Å². The van der Waals surface area contributed by atoms with E-state index in [9.17, 15) is 0 Å². The summed E-state index contributed by atoms with van der Waals surface area (Å²) in [6, 6.07) is 0. The Bertz CT molecular complexity index is 789. The van der Waals surface area contributed by atoms with Crippen molar-refractivity contribution in [2.24, 2.45) is 0 Å². The number of rotatable bonds is 44. The molecule has 0 amide bonds. The van der Waals surface area contributed by atoms with Gasteiger partial charge >= 0.3 is 0 Å². The molecule has 328 valence electrons. The van der Waals surface area contributed by atoms with E-state index < -0.39 is 12.6 Å². The summed E-state index contributed by atoms with van der Waals surface area (Å²) in [6.07, 6.45) is 37.1. The van der Waals surface area contributed by atoms with Crippen LogP contribution >= 0.6 is 0 Å². The van der Waals surface area contributed by atoms with Gasteiger partial charge in [0.15, 0.2) is 11.5 Å². The highest BCUT2D eigenvalue weighted by molar-refractivity contribution is 5.09. The minimum absolute atomic E-state index is 0.475. The monoisotopic (exact) mass is 783 g/mol. The van der Waals surface area contributed by atoms with E-state index in [0.29, 0.717) is 37.9 Å². The average molecular weight is 783 g/mol. The quantitative estimate of drug-likeness (QED) is 0.0346. The summed E-state index contributed by atoms with van der Waals surface area (Å²) in [6.45, 7) is 14.6. The molecular weight excluding hydrogens is 689 g/mol. The van der Waals surface area contributed by atoms with Gasteiger partial charge < -0.3 is 33.2 Å². The second-order valence-electron chi connectivity index (χ2n) is 15.3. The van der Waals surface area contributed by atoms with E-state index in [1.807, 2.05) is 27.7 Å². The predicted molar refractivity (Wildman–Crippen MR) is 233 cm³/mol. The molecule has 0 aromatic rings. The number of ether oxygens (including phenoxy) is 7. The van der Waals surface area contributed by atoms with Gasteiger partial charge in [-0.2, -0.15) is 0 Å². The Labute approximate surface area is 342 Å². The molecular formula is C48H94O7. The molecule has 0 aliphatic rings. The first-order valence-electron chi connectivity index (χ1n) is 23.8. The Balaban J connectivity index is 5.12. The summed E-state index contributed by atoms with van der Waals surface area (Å²) in [4.78, 5) is 0. The lowest BCUT2D eigenvalue weighted by atomic mass is 10.0. The molecule has 7 heteroatoms. The summed E-state index contributed by atoms with van der Waals surface area (Å²) < 4.78 is 43.1. The number of unbranched alkanes of at least 4 members (excludes halogenated alkanes) is 26. The van der Waals surface area contributed by atoms with Crippen LogP contribution in [0.2, 0.25) is 0 Å². The van der Waals surface area contributed by atoms with Crippen LogP contribution in [0.1, 0.15) is 234 Å². The van der Waals surface area contributed by atoms with Crippen LogP contribution < -0.4 is 0 Å². The summed E-state index contributed by atoms with van der Waals surface area (Å²) in [5.74, 6) is 2.73. The van der Waals surface area contributed by atoms with E-state index in [2.05, 4.69) is 13.8 Å². The molecule has 0 aromatic carbocycles. The maximum absolute atomic E-state index is 6.51. The molecule has 0 fully saturated rings. The molecule has 7 nitrogen and oxygen atoms in total. The molecule has 0 bridgehead atoms. The van der Waals surface area contributed by atoms with Gasteiger partial charge in [0, 0.05) is 27.1 Å². The molecule has 0 aromatic heterocycles. The summed E-state index contributed by atoms with van der Waals surface area (Å²) >= 11 is 0. The lowest BCUT2D eigenvalue weighted by Crippen LogP contribution is -2.32. The Morgan fingerprint density at radius 3 is 0.764 bits per heavy atom. The topological polar surface area (TPSA) is 64.6 Å². The van der Waals surface area contributed by atoms with Crippen molar-refractivity contribution in [3.8, 4) is 0 Å². The molecule has 55 heavy (non-hydrogen) atoms. The zero-order chi connectivity index (χ0) is 40.5. The van der Waals surface area contributed by atoms with Gasteiger partial charge in [-0.3, -0.25) is 0 Å². The van der Waals surface area contributed by atoms with E-state index in [0.717, 1.165) is 37.2 Å². The first-order valence-corrected chi connectivity index (χ1v) is 23.8. The van der Waals surface area contributed by atoms with E-state index in [1.54, 1.807) is 14.2 Å². The minimum Gasteiger partial charge on any atom is -0.495 e. The molecule has 0 aliphatic heterocycles. The van der Waals surface area contributed by atoms with Crippen molar-refractivity contribution in [2.75, 3.05) is 40.6 Å². The summed E-state index contributed by atoms with van der Waals surface area (Å²) in [5, 5.41) is 0. The van der Waals surface area contributed by atoms with Crippen LogP contribution in [0.25, 0.3) is 0 Å². The van der Waals surface area contributed by atoms with Crippen LogP contribution in [0.15, 0.2) is 23.0 Å². The van der Waals surface area contributed by atoms with Gasteiger partial charge in [-0.25, -0.2) is 0 Å². The highest BCUT2D eigenvalue weighted by atomic mass is 16.8. The van der Waals surface area contributed by atoms with Crippen molar-refractivity contribution in [1.29, 1.82) is 0 Å². The van der Waals surface area contributed by atoms with Gasteiger partial charge in [-0.15, -0.1) is 0 Å². The van der Waals surface area contributed by atoms with Gasteiger partial charge in [0.25, 0.3) is 0 Å². The molecule has 2 unspecified atom stereocenters. The first kappa shape index (κ1) is 53.6. The number of methoxy groups -OCH3 is 2. The Hall–Kier alpha value is -1.44. The zero-order valence-electron chi connectivity index (χ0n) is 38.1. The number of hydrogen-bond acceptors (Lipinski definition) is 7. The van der Waals surface area contributed by atoms with Crippen LogP contribution in [-0.4, -0.2) is 53.2 Å². The van der Waals surface area contributed by atoms with Crippen molar-refractivity contribution >= 4 is 0 Å². The lowest BCUT2D eigenvalue weighted by Gasteiger charge is -2.28. The van der Waals surface area contributed by atoms with Crippen molar-refractivity contribution in [3.05, 3.63) is 23.0 Å². The summed E-state index contributed by atoms with van der Waals surface area (Å²) in [5.41, 5.74) is 0. The van der Waals surface area contributed by atoms with Gasteiger partial charge in [0.05, 0.1) is 26.4 Å². The van der Waals surface area contributed by atoms with E-state index in [1.165, 1.54) is 167 Å². The van der Waals surface area contributed by atoms with Crippen LogP contribution in [-0.2, 0) is 33.2 Å². The third kappa shape index (κ3) is 30.3. The molecule has 0 saturated heterocycles. The zero-order valence-corrected chi connectivity index (χ0v) is 38.1. The van der Waals surface area contributed by atoms with Crippen LogP contribution in [0.5, 0.6) is 0 Å². The average Bonchev–Trinajstić information content (AvgIpc) is 3.19. The fraction of sp³-hybridized carbons (Fsp3) is 0.917. The molecule has 0 N–H and O–H groups in total. The predicted octanol–water partition coefficient (Wildman–Crippen LogP) is 15.3. The molecule has 0 aliphatic carbocycles. The standard InChI is InChI=1S/C48H94O7/c1-9-15-17-19-21-23-25-27-29-31-33-35-37-39-41-43(51-11-3)45(53-13-5)47(49-7)55-48(50-8)46(54-14-6)44(52-12-4)42-40-38-36-34-32-30-28-26-24-22-20-18-16-10-2/h47-48H,9-42H2,1-8H3. The Morgan fingerprint density at radius 1 is 0.309 bits per heavy atom.